The van der Waals surface area contributed by atoms with Crippen molar-refractivity contribution in [3.63, 3.8) is 0 Å². The van der Waals surface area contributed by atoms with Gasteiger partial charge in [-0.05, 0) is 29.9 Å². The van der Waals surface area contributed by atoms with Gasteiger partial charge in [0.1, 0.15) is 6.10 Å². The normalized spacial score (nSPS) is 10.2. The van der Waals surface area contributed by atoms with Gasteiger partial charge < -0.3 is 5.11 Å². The van der Waals surface area contributed by atoms with Crippen LogP contribution in [-0.2, 0) is 0 Å². The summed E-state index contributed by atoms with van der Waals surface area (Å²) in [4.78, 5) is 1.70. The van der Waals surface area contributed by atoms with Crippen molar-refractivity contribution in [2.45, 2.75) is 6.10 Å². The summed E-state index contributed by atoms with van der Waals surface area (Å²) in [6.45, 7) is 0. The number of alkyl halides is 1. The molecule has 0 aliphatic heterocycles. The van der Waals surface area contributed by atoms with E-state index < -0.39 is 6.10 Å². The molecule has 0 aliphatic carbocycles. The number of thiophene rings is 1. The summed E-state index contributed by atoms with van der Waals surface area (Å²) in [6.07, 6.45) is 4.40. The van der Waals surface area contributed by atoms with Gasteiger partial charge in [-0.3, -0.25) is 0 Å². The molecule has 0 aliphatic rings. The van der Waals surface area contributed by atoms with Gasteiger partial charge in [-0.2, -0.15) is 0 Å². The third-order valence-electron chi connectivity index (χ3n) is 1.38. The van der Waals surface area contributed by atoms with Crippen molar-refractivity contribution in [3.05, 3.63) is 21.9 Å². The molecule has 0 saturated carbocycles. The van der Waals surface area contributed by atoms with E-state index in [1.807, 2.05) is 12.1 Å². The minimum absolute atomic E-state index is 0.0922. The van der Waals surface area contributed by atoms with Crippen LogP contribution in [0.2, 0.25) is 0 Å². The summed E-state index contributed by atoms with van der Waals surface area (Å²) in [5, 5.41) is 9.00. The van der Waals surface area contributed by atoms with Crippen molar-refractivity contribution < 1.29 is 5.11 Å². The Balaban J connectivity index is 2.65. The Morgan fingerprint density at radius 2 is 2.13 bits per heavy atom. The molecular formula is C12H7ClOS. The minimum atomic E-state index is -0.814. The highest BCUT2D eigenvalue weighted by Gasteiger charge is 1.93. The predicted molar refractivity (Wildman–Crippen MR) is 63.6 cm³/mol. The van der Waals surface area contributed by atoms with Crippen molar-refractivity contribution >= 4 is 22.9 Å². The van der Waals surface area contributed by atoms with Crippen molar-refractivity contribution in [3.8, 4) is 36.0 Å². The number of aliphatic hydroxyl groups is 1. The van der Waals surface area contributed by atoms with Crippen LogP contribution in [0, 0.1) is 36.0 Å². The first-order valence-electron chi connectivity index (χ1n) is 4.08. The lowest BCUT2D eigenvalue weighted by Crippen LogP contribution is -2.02. The van der Waals surface area contributed by atoms with Crippen LogP contribution in [0.3, 0.4) is 0 Å². The van der Waals surface area contributed by atoms with Crippen LogP contribution in [0.15, 0.2) is 12.1 Å². The zero-order chi connectivity index (χ0) is 11.1. The van der Waals surface area contributed by atoms with Crippen LogP contribution in [0.25, 0.3) is 0 Å². The molecule has 1 aromatic heterocycles. The van der Waals surface area contributed by atoms with Gasteiger partial charge in [0.2, 0.25) is 0 Å². The van der Waals surface area contributed by atoms with Crippen molar-refractivity contribution in [2.75, 3.05) is 5.88 Å². The largest absolute Gasteiger partial charge is 0.379 e. The number of aliphatic hydroxyl groups excluding tert-OH is 1. The number of halogens is 1. The number of hydrogen-bond donors (Lipinski definition) is 1. The van der Waals surface area contributed by atoms with Crippen LogP contribution in [0.5, 0.6) is 0 Å². The highest BCUT2D eigenvalue weighted by atomic mass is 35.5. The Labute approximate surface area is 98.1 Å². The molecule has 1 rings (SSSR count). The van der Waals surface area contributed by atoms with E-state index in [4.69, 9.17) is 23.1 Å². The quantitative estimate of drug-likeness (QED) is 0.579. The molecule has 3 heteroatoms. The Morgan fingerprint density at radius 3 is 2.73 bits per heavy atom. The summed E-state index contributed by atoms with van der Waals surface area (Å²) >= 11 is 6.78. The third kappa shape index (κ3) is 4.11. The average Bonchev–Trinajstić information content (AvgIpc) is 2.72. The van der Waals surface area contributed by atoms with Crippen molar-refractivity contribution in [1.29, 1.82) is 0 Å². The van der Waals surface area contributed by atoms with Crippen molar-refractivity contribution in [2.24, 2.45) is 0 Å². The van der Waals surface area contributed by atoms with E-state index in [9.17, 15) is 0 Å². The molecule has 0 spiro atoms. The van der Waals surface area contributed by atoms with Gasteiger partial charge in [0.05, 0.1) is 15.6 Å². The molecule has 74 valence electrons. The second kappa shape index (κ2) is 6.18. The molecule has 1 aromatic rings. The molecule has 0 aromatic carbocycles. The summed E-state index contributed by atoms with van der Waals surface area (Å²) in [5.41, 5.74) is 0. The summed E-state index contributed by atoms with van der Waals surface area (Å²) in [6, 6.07) is 3.67. The Kier molecular flexibility index (Phi) is 4.82. The number of rotatable bonds is 1. The van der Waals surface area contributed by atoms with Gasteiger partial charge >= 0.3 is 0 Å². The molecular weight excluding hydrogens is 228 g/mol. The molecule has 0 saturated heterocycles. The number of terminal acetylenes is 1. The Bertz CT molecular complexity index is 487. The second-order valence-electron chi connectivity index (χ2n) is 2.50. The fourth-order valence-corrected chi connectivity index (χ4v) is 1.48. The average molecular weight is 235 g/mol. The maximum absolute atomic E-state index is 9.00. The van der Waals surface area contributed by atoms with E-state index in [0.29, 0.717) is 0 Å². The molecule has 1 heterocycles. The lowest BCUT2D eigenvalue weighted by molar-refractivity contribution is 0.256. The maximum atomic E-state index is 9.00. The van der Waals surface area contributed by atoms with Gasteiger partial charge in [-0.15, -0.1) is 29.4 Å². The van der Waals surface area contributed by atoms with E-state index in [0.717, 1.165) is 9.75 Å². The monoisotopic (exact) mass is 234 g/mol. The molecule has 1 N–H and O–H groups in total. The second-order valence-corrected chi connectivity index (χ2v) is 3.89. The zero-order valence-electron chi connectivity index (χ0n) is 7.75. The molecule has 1 nitrogen and oxygen atoms in total. The highest BCUT2D eigenvalue weighted by molar-refractivity contribution is 7.13. The SMILES string of the molecule is C#Cc1ccc(C#CC#C[C@@H](O)CCl)s1. The van der Waals surface area contributed by atoms with E-state index in [2.05, 4.69) is 29.6 Å². The Morgan fingerprint density at radius 1 is 1.40 bits per heavy atom. The van der Waals surface area contributed by atoms with Gasteiger partial charge in [0.25, 0.3) is 0 Å². The van der Waals surface area contributed by atoms with Crippen LogP contribution < -0.4 is 0 Å². The third-order valence-corrected chi connectivity index (χ3v) is 2.61. The van der Waals surface area contributed by atoms with Crippen molar-refractivity contribution in [1.82, 2.24) is 0 Å². The van der Waals surface area contributed by atoms with Crippen LogP contribution >= 0.6 is 22.9 Å². The lowest BCUT2D eigenvalue weighted by atomic mass is 10.4. The smallest absolute Gasteiger partial charge is 0.129 e. The predicted octanol–water partition coefficient (Wildman–Crippen LogP) is 1.68. The fourth-order valence-electron chi connectivity index (χ4n) is 0.733. The highest BCUT2D eigenvalue weighted by Crippen LogP contribution is 2.13. The lowest BCUT2D eigenvalue weighted by Gasteiger charge is -1.89. The fraction of sp³-hybridized carbons (Fsp3) is 0.167. The topological polar surface area (TPSA) is 20.2 Å². The molecule has 15 heavy (non-hydrogen) atoms. The molecule has 0 unspecified atom stereocenters. The van der Waals surface area contributed by atoms with E-state index in [1.165, 1.54) is 11.3 Å². The van der Waals surface area contributed by atoms with Crippen LogP contribution in [0.1, 0.15) is 9.75 Å². The molecule has 0 fully saturated rings. The summed E-state index contributed by atoms with van der Waals surface area (Å²) < 4.78 is 0. The van der Waals surface area contributed by atoms with E-state index >= 15 is 0 Å². The maximum Gasteiger partial charge on any atom is 0.129 e. The van der Waals surface area contributed by atoms with Gasteiger partial charge in [0.15, 0.2) is 0 Å². The van der Waals surface area contributed by atoms with Gasteiger partial charge in [-0.1, -0.05) is 11.8 Å². The van der Waals surface area contributed by atoms with Gasteiger partial charge in [0, 0.05) is 0 Å². The Hall–Kier alpha value is -1.37. The first-order chi connectivity index (χ1) is 7.26. The molecule has 0 bridgehead atoms. The van der Waals surface area contributed by atoms with E-state index in [-0.39, 0.29) is 5.88 Å². The minimum Gasteiger partial charge on any atom is -0.379 e. The van der Waals surface area contributed by atoms with E-state index in [1.54, 1.807) is 0 Å². The first-order valence-corrected chi connectivity index (χ1v) is 5.43. The number of hydrogen-bond acceptors (Lipinski definition) is 2. The first kappa shape index (κ1) is 11.7. The zero-order valence-corrected chi connectivity index (χ0v) is 9.32. The summed E-state index contributed by atoms with van der Waals surface area (Å²) in [5.74, 6) is 13.1. The summed E-state index contributed by atoms with van der Waals surface area (Å²) in [7, 11) is 0. The van der Waals surface area contributed by atoms with Gasteiger partial charge in [-0.25, -0.2) is 0 Å². The van der Waals surface area contributed by atoms with Crippen LogP contribution in [-0.4, -0.2) is 17.1 Å². The molecule has 0 radical (unpaired) electrons. The molecule has 0 amide bonds. The van der Waals surface area contributed by atoms with Crippen LogP contribution in [0.4, 0.5) is 0 Å². The standard InChI is InChI=1S/C12H7ClOS/c1-2-11-7-8-12(15-11)6-4-3-5-10(14)9-13/h1,7-8,10,14H,9H2/t10-/m1/s1. The molecule has 1 atom stereocenters.